The van der Waals surface area contributed by atoms with Crippen LogP contribution in [0, 0.1) is 17.5 Å². The molecule has 0 bridgehead atoms. The van der Waals surface area contributed by atoms with Crippen LogP contribution < -0.4 is 4.74 Å². The standard InChI is InChI=1S/C14H9F3O2/c15-12-5-11(6-13(16)14(12)17)19-8-10-3-1-2-9(4-10)7-18/h1-7H,8H2. The predicted octanol–water partition coefficient (Wildman–Crippen LogP) is 3.50. The number of ether oxygens (including phenoxy) is 1. The molecular formula is C14H9F3O2. The van der Waals surface area contributed by atoms with E-state index in [1.807, 2.05) is 0 Å². The van der Waals surface area contributed by atoms with Gasteiger partial charge in [0.25, 0.3) is 0 Å². The number of rotatable bonds is 4. The number of halogens is 3. The molecule has 0 unspecified atom stereocenters. The third kappa shape index (κ3) is 3.13. The van der Waals surface area contributed by atoms with Crippen molar-refractivity contribution in [2.75, 3.05) is 0 Å². The molecule has 0 heterocycles. The summed E-state index contributed by atoms with van der Waals surface area (Å²) < 4.78 is 43.8. The van der Waals surface area contributed by atoms with Crippen molar-refractivity contribution in [2.24, 2.45) is 0 Å². The lowest BCUT2D eigenvalue weighted by Gasteiger charge is -2.07. The molecule has 0 radical (unpaired) electrons. The highest BCUT2D eigenvalue weighted by Crippen LogP contribution is 2.20. The molecule has 0 aliphatic heterocycles. The van der Waals surface area contributed by atoms with Gasteiger partial charge in [-0.15, -0.1) is 0 Å². The van der Waals surface area contributed by atoms with Crippen LogP contribution in [0.4, 0.5) is 13.2 Å². The monoisotopic (exact) mass is 266 g/mol. The topological polar surface area (TPSA) is 26.3 Å². The van der Waals surface area contributed by atoms with Gasteiger partial charge in [-0.2, -0.15) is 0 Å². The van der Waals surface area contributed by atoms with Crippen LogP contribution in [0.2, 0.25) is 0 Å². The summed E-state index contributed by atoms with van der Waals surface area (Å²) in [4.78, 5) is 10.6. The second-order valence-corrected chi connectivity index (χ2v) is 3.85. The van der Waals surface area contributed by atoms with Crippen LogP contribution >= 0.6 is 0 Å². The Morgan fingerprint density at radius 1 is 1.05 bits per heavy atom. The minimum atomic E-state index is -1.53. The van der Waals surface area contributed by atoms with Crippen molar-refractivity contribution in [1.29, 1.82) is 0 Å². The Morgan fingerprint density at radius 3 is 2.37 bits per heavy atom. The van der Waals surface area contributed by atoms with Gasteiger partial charge in [0.15, 0.2) is 17.5 Å². The SMILES string of the molecule is O=Cc1cccc(COc2cc(F)c(F)c(F)c2)c1. The number of carbonyl (C=O) groups excluding carboxylic acids is 1. The van der Waals surface area contributed by atoms with Crippen LogP contribution in [0.15, 0.2) is 36.4 Å². The minimum absolute atomic E-state index is 0.0200. The van der Waals surface area contributed by atoms with E-state index in [-0.39, 0.29) is 12.4 Å². The fourth-order valence-electron chi connectivity index (χ4n) is 1.54. The lowest BCUT2D eigenvalue weighted by molar-refractivity contribution is 0.112. The molecule has 2 aromatic rings. The van der Waals surface area contributed by atoms with Crippen molar-refractivity contribution in [3.8, 4) is 5.75 Å². The molecule has 0 atom stereocenters. The van der Waals surface area contributed by atoms with Gasteiger partial charge in [0.2, 0.25) is 0 Å². The third-order valence-corrected chi connectivity index (χ3v) is 2.45. The van der Waals surface area contributed by atoms with Crippen molar-refractivity contribution in [2.45, 2.75) is 6.61 Å². The smallest absolute Gasteiger partial charge is 0.194 e. The average Bonchev–Trinajstić information content (AvgIpc) is 2.42. The molecule has 0 spiro atoms. The molecule has 0 saturated heterocycles. The molecule has 2 nitrogen and oxygen atoms in total. The molecule has 0 saturated carbocycles. The zero-order valence-electron chi connectivity index (χ0n) is 9.70. The van der Waals surface area contributed by atoms with Crippen LogP contribution in [-0.4, -0.2) is 6.29 Å². The Bertz CT molecular complexity index is 588. The van der Waals surface area contributed by atoms with Crippen LogP contribution in [0.25, 0.3) is 0 Å². The first-order valence-corrected chi connectivity index (χ1v) is 5.41. The molecule has 0 aromatic heterocycles. The van der Waals surface area contributed by atoms with E-state index in [9.17, 15) is 18.0 Å². The predicted molar refractivity (Wildman–Crippen MR) is 62.5 cm³/mol. The summed E-state index contributed by atoms with van der Waals surface area (Å²) in [5, 5.41) is 0. The molecule has 98 valence electrons. The van der Waals surface area contributed by atoms with Gasteiger partial charge >= 0.3 is 0 Å². The molecular weight excluding hydrogens is 257 g/mol. The fraction of sp³-hybridized carbons (Fsp3) is 0.0714. The first kappa shape index (κ1) is 13.1. The van der Waals surface area contributed by atoms with Gasteiger partial charge in [0.05, 0.1) is 0 Å². The van der Waals surface area contributed by atoms with Gasteiger partial charge in [0, 0.05) is 17.7 Å². The van der Waals surface area contributed by atoms with Crippen LogP contribution in [0.5, 0.6) is 5.75 Å². The van der Waals surface area contributed by atoms with E-state index in [0.717, 1.165) is 12.1 Å². The maximum absolute atomic E-state index is 12.9. The van der Waals surface area contributed by atoms with Crippen LogP contribution in [-0.2, 0) is 6.61 Å². The second kappa shape index (κ2) is 5.56. The summed E-state index contributed by atoms with van der Waals surface area (Å²) in [7, 11) is 0. The van der Waals surface area contributed by atoms with Crippen molar-refractivity contribution in [3.05, 3.63) is 65.0 Å². The minimum Gasteiger partial charge on any atom is -0.489 e. The maximum atomic E-state index is 12.9. The normalized spacial score (nSPS) is 10.3. The van der Waals surface area contributed by atoms with Gasteiger partial charge in [-0.05, 0) is 11.6 Å². The van der Waals surface area contributed by atoms with Gasteiger partial charge < -0.3 is 4.74 Å². The lowest BCUT2D eigenvalue weighted by atomic mass is 10.1. The second-order valence-electron chi connectivity index (χ2n) is 3.85. The number of benzene rings is 2. The zero-order valence-corrected chi connectivity index (χ0v) is 9.70. The Hall–Kier alpha value is -2.30. The number of hydrogen-bond acceptors (Lipinski definition) is 2. The van der Waals surface area contributed by atoms with Crippen LogP contribution in [0.1, 0.15) is 15.9 Å². The van der Waals surface area contributed by atoms with Crippen molar-refractivity contribution < 1.29 is 22.7 Å². The van der Waals surface area contributed by atoms with Gasteiger partial charge in [-0.1, -0.05) is 18.2 Å². The van der Waals surface area contributed by atoms with E-state index in [2.05, 4.69) is 0 Å². The van der Waals surface area contributed by atoms with E-state index >= 15 is 0 Å². The quantitative estimate of drug-likeness (QED) is 0.625. The number of hydrogen-bond donors (Lipinski definition) is 0. The molecule has 19 heavy (non-hydrogen) atoms. The molecule has 2 aromatic carbocycles. The van der Waals surface area contributed by atoms with Gasteiger partial charge in [-0.25, -0.2) is 13.2 Å². The molecule has 0 aliphatic carbocycles. The largest absolute Gasteiger partial charge is 0.489 e. The molecule has 0 amide bonds. The molecule has 5 heteroatoms. The first-order valence-electron chi connectivity index (χ1n) is 5.41. The summed E-state index contributed by atoms with van der Waals surface area (Å²) in [6, 6.07) is 8.10. The highest BCUT2D eigenvalue weighted by molar-refractivity contribution is 5.74. The summed E-state index contributed by atoms with van der Waals surface area (Å²) >= 11 is 0. The first-order chi connectivity index (χ1) is 9.10. The van der Waals surface area contributed by atoms with Crippen molar-refractivity contribution >= 4 is 6.29 Å². The van der Waals surface area contributed by atoms with E-state index < -0.39 is 17.5 Å². The maximum Gasteiger partial charge on any atom is 0.194 e. The molecule has 0 fully saturated rings. The average molecular weight is 266 g/mol. The summed E-state index contributed by atoms with van der Waals surface area (Å²) in [6.45, 7) is 0.0200. The Kier molecular flexibility index (Phi) is 3.85. The zero-order chi connectivity index (χ0) is 13.8. The van der Waals surface area contributed by atoms with Gasteiger partial charge in [0.1, 0.15) is 18.6 Å². The highest BCUT2D eigenvalue weighted by Gasteiger charge is 2.11. The fourth-order valence-corrected chi connectivity index (χ4v) is 1.54. The molecule has 2 rings (SSSR count). The highest BCUT2D eigenvalue weighted by atomic mass is 19.2. The van der Waals surface area contributed by atoms with E-state index in [1.54, 1.807) is 24.3 Å². The van der Waals surface area contributed by atoms with E-state index in [0.29, 0.717) is 17.4 Å². The lowest BCUT2D eigenvalue weighted by Crippen LogP contribution is -1.99. The van der Waals surface area contributed by atoms with Gasteiger partial charge in [-0.3, -0.25) is 4.79 Å². The van der Waals surface area contributed by atoms with Crippen LogP contribution in [0.3, 0.4) is 0 Å². The Morgan fingerprint density at radius 2 is 1.74 bits per heavy atom. The summed E-state index contributed by atoms with van der Waals surface area (Å²) in [5.74, 6) is -4.27. The Labute approximate surface area is 107 Å². The number of carbonyl (C=O) groups is 1. The van der Waals surface area contributed by atoms with E-state index in [1.165, 1.54) is 0 Å². The molecule has 0 aliphatic rings. The summed E-state index contributed by atoms with van der Waals surface area (Å²) in [5.41, 5.74) is 1.13. The van der Waals surface area contributed by atoms with E-state index in [4.69, 9.17) is 4.74 Å². The third-order valence-electron chi connectivity index (χ3n) is 2.45. The number of aldehydes is 1. The summed E-state index contributed by atoms with van der Waals surface area (Å²) in [6.07, 6.45) is 0.681. The van der Waals surface area contributed by atoms with Crippen molar-refractivity contribution in [3.63, 3.8) is 0 Å². The Balaban J connectivity index is 2.12. The molecule has 0 N–H and O–H groups in total. The van der Waals surface area contributed by atoms with Crippen molar-refractivity contribution in [1.82, 2.24) is 0 Å².